The highest BCUT2D eigenvalue weighted by Crippen LogP contribution is 2.44. The molecule has 2 saturated carbocycles. The maximum Gasteiger partial charge on any atom is 0.124 e. The molecule has 2 aromatic rings. The highest BCUT2D eigenvalue weighted by molar-refractivity contribution is 5.38. The molecule has 2 heterocycles. The van der Waals surface area contributed by atoms with Crippen molar-refractivity contribution in [2.45, 2.75) is 81.8 Å². The molecule has 4 aliphatic rings. The van der Waals surface area contributed by atoms with Gasteiger partial charge in [-0.2, -0.15) is 0 Å². The summed E-state index contributed by atoms with van der Waals surface area (Å²) in [6.07, 6.45) is 11.4. The van der Waals surface area contributed by atoms with Crippen molar-refractivity contribution in [1.82, 2.24) is 19.6 Å². The Labute approximate surface area is 290 Å². The minimum Gasteiger partial charge on any atom is -0.496 e. The molecule has 0 aromatic heterocycles. The van der Waals surface area contributed by atoms with Crippen molar-refractivity contribution in [3.63, 3.8) is 0 Å². The maximum absolute atomic E-state index is 13.5. The van der Waals surface area contributed by atoms with Crippen LogP contribution in [-0.2, 0) is 12.0 Å². The van der Waals surface area contributed by atoms with Gasteiger partial charge >= 0.3 is 0 Å². The highest BCUT2D eigenvalue weighted by Gasteiger charge is 2.42. The van der Waals surface area contributed by atoms with E-state index in [4.69, 9.17) is 4.74 Å². The molecule has 4 fully saturated rings. The highest BCUT2D eigenvalue weighted by atomic mass is 19.1. The molecule has 6 rings (SSSR count). The second-order valence-corrected chi connectivity index (χ2v) is 15.3. The fourth-order valence-electron chi connectivity index (χ4n) is 8.65. The third kappa shape index (κ3) is 10.0. The monoisotopic (exact) mass is 666 g/mol. The number of likely N-dealkylation sites (N-methyl/N-ethyl adjacent to an activating group) is 2. The number of hydrogen-bond donors (Lipinski definition) is 2. The molecule has 268 valence electrons. The molecule has 0 radical (unpaired) electrons. The minimum atomic E-state index is -0.771. The number of hydrogen-bond acceptors (Lipinski definition) is 7. The molecule has 0 bridgehead atoms. The number of benzene rings is 2. The maximum atomic E-state index is 13.5. The Balaban J connectivity index is 0.000000188. The lowest BCUT2D eigenvalue weighted by molar-refractivity contribution is -0.0479. The number of rotatable bonds is 8. The number of halogens is 1. The molecule has 8 heteroatoms. The molecule has 2 aliphatic carbocycles. The van der Waals surface area contributed by atoms with Crippen molar-refractivity contribution < 1.29 is 19.3 Å². The van der Waals surface area contributed by atoms with Gasteiger partial charge in [-0.15, -0.1) is 0 Å². The predicted octanol–water partition coefficient (Wildman–Crippen LogP) is 5.64. The molecular formula is C40H63FN4O3. The summed E-state index contributed by atoms with van der Waals surface area (Å²) in [7, 11) is 6.06. The van der Waals surface area contributed by atoms with Crippen molar-refractivity contribution in [1.29, 1.82) is 0 Å². The number of aliphatic hydroxyl groups is 2. The van der Waals surface area contributed by atoms with Crippen LogP contribution in [-0.4, -0.2) is 122 Å². The van der Waals surface area contributed by atoms with Gasteiger partial charge in [0.2, 0.25) is 0 Å². The summed E-state index contributed by atoms with van der Waals surface area (Å²) in [6.45, 7) is 10.8. The minimum absolute atomic E-state index is 0.208. The van der Waals surface area contributed by atoms with Gasteiger partial charge in [0.15, 0.2) is 0 Å². The number of ether oxygens (including phenoxy) is 1. The molecule has 0 spiro atoms. The van der Waals surface area contributed by atoms with Crippen LogP contribution in [0.1, 0.15) is 75.3 Å². The predicted molar refractivity (Wildman–Crippen MR) is 193 cm³/mol. The molecular weight excluding hydrogens is 603 g/mol. The van der Waals surface area contributed by atoms with Crippen LogP contribution in [0.3, 0.4) is 0 Å². The third-order valence-corrected chi connectivity index (χ3v) is 11.8. The van der Waals surface area contributed by atoms with Gasteiger partial charge in [-0.3, -0.25) is 0 Å². The Morgan fingerprint density at radius 1 is 0.708 bits per heavy atom. The SMILES string of the molecule is CN1CCN(CC2CCCCCC2(O)Cc2cccc(F)c2)CC1.COc1ccccc1C1(O)CCCCCC1CN1CCN(C)CC1. The lowest BCUT2D eigenvalue weighted by Gasteiger charge is -2.41. The number of methoxy groups -OCH3 is 1. The van der Waals surface area contributed by atoms with Gasteiger partial charge in [-0.1, -0.05) is 68.9 Å². The molecule has 7 nitrogen and oxygen atoms in total. The standard InChI is InChI=1S/C20H31FN2O.C20H32N2O2/c1-22-10-12-23(13-11-22)16-18-7-3-2-4-9-20(18,24)15-17-6-5-8-19(21)14-17;1-21-12-14-22(15-13-21)16-17-8-4-3-7-11-20(17,23)18-9-5-6-10-19(18)24-2/h5-6,8,14,18,24H,2-4,7,9-13,15-16H2,1H3;5-6,9-10,17,23H,3-4,7-8,11-16H2,1-2H3. The van der Waals surface area contributed by atoms with Crippen LogP contribution in [0, 0.1) is 17.7 Å². The molecule has 2 aromatic carbocycles. The van der Waals surface area contributed by atoms with E-state index < -0.39 is 11.2 Å². The quantitative estimate of drug-likeness (QED) is 0.354. The van der Waals surface area contributed by atoms with Crippen molar-refractivity contribution in [3.05, 3.63) is 65.5 Å². The van der Waals surface area contributed by atoms with Gasteiger partial charge in [0, 0.05) is 89.3 Å². The van der Waals surface area contributed by atoms with Crippen molar-refractivity contribution in [2.24, 2.45) is 11.8 Å². The third-order valence-electron chi connectivity index (χ3n) is 11.8. The second kappa shape index (κ2) is 17.7. The first-order valence-corrected chi connectivity index (χ1v) is 18.8. The van der Waals surface area contributed by atoms with Crippen molar-refractivity contribution >= 4 is 0 Å². The Morgan fingerprint density at radius 3 is 1.92 bits per heavy atom. The van der Waals surface area contributed by atoms with E-state index in [1.807, 2.05) is 24.3 Å². The van der Waals surface area contributed by atoms with Crippen LogP contribution in [0.25, 0.3) is 0 Å². The molecule has 4 unspecified atom stereocenters. The lowest BCUT2D eigenvalue weighted by Crippen LogP contribution is -2.50. The molecule has 0 amide bonds. The second-order valence-electron chi connectivity index (χ2n) is 15.3. The average molecular weight is 667 g/mol. The summed E-state index contributed by atoms with van der Waals surface area (Å²) in [5.41, 5.74) is 0.427. The first-order chi connectivity index (χ1) is 23.2. The summed E-state index contributed by atoms with van der Waals surface area (Å²) >= 11 is 0. The van der Waals surface area contributed by atoms with Crippen LogP contribution >= 0.6 is 0 Å². The van der Waals surface area contributed by atoms with Crippen LogP contribution in [0.5, 0.6) is 5.75 Å². The Hall–Kier alpha value is -2.07. The van der Waals surface area contributed by atoms with Gasteiger partial charge in [0.05, 0.1) is 18.3 Å². The van der Waals surface area contributed by atoms with E-state index in [-0.39, 0.29) is 17.7 Å². The fourth-order valence-corrected chi connectivity index (χ4v) is 8.65. The van der Waals surface area contributed by atoms with E-state index in [0.29, 0.717) is 6.42 Å². The van der Waals surface area contributed by atoms with Crippen molar-refractivity contribution in [2.75, 3.05) is 86.7 Å². The molecule has 4 atom stereocenters. The average Bonchev–Trinajstić information content (AvgIpc) is 3.38. The zero-order chi connectivity index (χ0) is 34.0. The first-order valence-electron chi connectivity index (χ1n) is 18.8. The molecule has 48 heavy (non-hydrogen) atoms. The zero-order valence-electron chi connectivity index (χ0n) is 30.1. The van der Waals surface area contributed by atoms with E-state index in [2.05, 4.69) is 39.8 Å². The van der Waals surface area contributed by atoms with E-state index >= 15 is 0 Å². The van der Waals surface area contributed by atoms with Gasteiger partial charge in [0.25, 0.3) is 0 Å². The molecule has 2 aliphatic heterocycles. The van der Waals surface area contributed by atoms with Crippen molar-refractivity contribution in [3.8, 4) is 5.75 Å². The van der Waals surface area contributed by atoms with E-state index in [9.17, 15) is 14.6 Å². The summed E-state index contributed by atoms with van der Waals surface area (Å²) in [5.74, 6) is 1.18. The summed E-state index contributed by atoms with van der Waals surface area (Å²) in [6, 6.07) is 14.8. The number of piperazine rings is 2. The number of nitrogens with zero attached hydrogens (tertiary/aromatic N) is 4. The Bertz CT molecular complexity index is 1250. The summed E-state index contributed by atoms with van der Waals surface area (Å²) in [4.78, 5) is 9.79. The van der Waals surface area contributed by atoms with Crippen LogP contribution in [0.2, 0.25) is 0 Å². The largest absolute Gasteiger partial charge is 0.496 e. The summed E-state index contributed by atoms with van der Waals surface area (Å²) in [5, 5.41) is 23.2. The van der Waals surface area contributed by atoms with E-state index in [0.717, 1.165) is 121 Å². The smallest absolute Gasteiger partial charge is 0.124 e. The fraction of sp³-hybridized carbons (Fsp3) is 0.700. The first kappa shape index (κ1) is 37.2. The van der Waals surface area contributed by atoms with Crippen LogP contribution in [0.15, 0.2) is 48.5 Å². The Morgan fingerprint density at radius 2 is 1.29 bits per heavy atom. The molecule has 2 saturated heterocycles. The van der Waals surface area contributed by atoms with E-state index in [1.54, 1.807) is 19.2 Å². The lowest BCUT2D eigenvalue weighted by atomic mass is 9.77. The van der Waals surface area contributed by atoms with Gasteiger partial charge in [-0.05, 0) is 63.5 Å². The van der Waals surface area contributed by atoms with E-state index in [1.165, 1.54) is 31.7 Å². The van der Waals surface area contributed by atoms with Gasteiger partial charge < -0.3 is 34.5 Å². The van der Waals surface area contributed by atoms with Gasteiger partial charge in [-0.25, -0.2) is 4.39 Å². The van der Waals surface area contributed by atoms with Crippen LogP contribution < -0.4 is 4.74 Å². The van der Waals surface area contributed by atoms with Crippen LogP contribution in [0.4, 0.5) is 4.39 Å². The normalized spacial score (nSPS) is 30.1. The molecule has 2 N–H and O–H groups in total. The zero-order valence-corrected chi connectivity index (χ0v) is 30.1. The topological polar surface area (TPSA) is 62.7 Å². The number of para-hydroxylation sites is 1. The van der Waals surface area contributed by atoms with Gasteiger partial charge in [0.1, 0.15) is 11.6 Å². The Kier molecular flexibility index (Phi) is 13.7. The summed E-state index contributed by atoms with van der Waals surface area (Å²) < 4.78 is 19.1.